The Morgan fingerprint density at radius 1 is 1.20 bits per heavy atom. The first-order valence-electron chi connectivity index (χ1n) is 9.52. The predicted molar refractivity (Wildman–Crippen MR) is 118 cm³/mol. The van der Waals surface area contributed by atoms with Crippen molar-refractivity contribution in [1.29, 1.82) is 0 Å². The van der Waals surface area contributed by atoms with Gasteiger partial charge in [-0.3, -0.25) is 14.4 Å². The van der Waals surface area contributed by atoms with Gasteiger partial charge in [-0.25, -0.2) is 4.98 Å². The molecule has 0 atom stereocenters. The molecule has 1 heterocycles. The number of carbonyl (C=O) groups excluding carboxylic acids is 3. The molecule has 3 rings (SSSR count). The van der Waals surface area contributed by atoms with Crippen LogP contribution in [0.2, 0.25) is 10.0 Å². The van der Waals surface area contributed by atoms with Crippen LogP contribution in [-0.4, -0.2) is 46.2 Å². The van der Waals surface area contributed by atoms with Gasteiger partial charge in [-0.15, -0.1) is 11.3 Å². The molecule has 0 radical (unpaired) electrons. The molecule has 1 aromatic carbocycles. The van der Waals surface area contributed by atoms with Crippen LogP contribution < -0.4 is 10.6 Å². The van der Waals surface area contributed by atoms with Crippen molar-refractivity contribution < 1.29 is 14.4 Å². The topological polar surface area (TPSA) is 91.4 Å². The van der Waals surface area contributed by atoms with E-state index in [1.54, 1.807) is 17.5 Å². The van der Waals surface area contributed by atoms with Gasteiger partial charge in [0.25, 0.3) is 5.91 Å². The molecule has 2 N–H and O–H groups in total. The Bertz CT molecular complexity index is 959. The minimum atomic E-state index is -0.375. The zero-order chi connectivity index (χ0) is 21.8. The number of benzene rings is 1. The molecule has 1 saturated carbocycles. The highest BCUT2D eigenvalue weighted by molar-refractivity contribution is 7.13. The van der Waals surface area contributed by atoms with Gasteiger partial charge in [-0.05, 0) is 44.9 Å². The highest BCUT2D eigenvalue weighted by Crippen LogP contribution is 2.24. The SMILES string of the molecule is CC(C)N(CC(=O)Nc1nc(CC(=O)NC2CC2)cs1)C(=O)c1ccc(Cl)c(Cl)c1. The lowest BCUT2D eigenvalue weighted by Gasteiger charge is -2.26. The van der Waals surface area contributed by atoms with Crippen molar-refractivity contribution in [1.82, 2.24) is 15.2 Å². The molecule has 7 nitrogen and oxygen atoms in total. The Morgan fingerprint density at radius 3 is 2.57 bits per heavy atom. The summed E-state index contributed by atoms with van der Waals surface area (Å²) in [4.78, 5) is 42.9. The van der Waals surface area contributed by atoms with Crippen molar-refractivity contribution >= 4 is 57.4 Å². The second-order valence-corrected chi connectivity index (χ2v) is 9.04. The van der Waals surface area contributed by atoms with Crippen LogP contribution in [0.1, 0.15) is 42.7 Å². The maximum atomic E-state index is 12.8. The number of hydrogen-bond acceptors (Lipinski definition) is 5. The van der Waals surface area contributed by atoms with Crippen LogP contribution in [-0.2, 0) is 16.0 Å². The molecular weight excluding hydrogens is 447 g/mol. The number of nitrogens with one attached hydrogen (secondary N) is 2. The van der Waals surface area contributed by atoms with Gasteiger partial charge >= 0.3 is 0 Å². The average molecular weight is 469 g/mol. The van der Waals surface area contributed by atoms with E-state index in [1.807, 2.05) is 13.8 Å². The first kappa shape index (κ1) is 22.5. The summed E-state index contributed by atoms with van der Waals surface area (Å²) in [5.74, 6) is -0.769. The Labute approximate surface area is 188 Å². The van der Waals surface area contributed by atoms with Crippen LogP contribution in [0.5, 0.6) is 0 Å². The number of thiazole rings is 1. The molecule has 10 heteroatoms. The number of aromatic nitrogens is 1. The number of halogens is 2. The zero-order valence-electron chi connectivity index (χ0n) is 16.6. The minimum absolute atomic E-state index is 0.0705. The van der Waals surface area contributed by atoms with E-state index in [4.69, 9.17) is 23.2 Å². The molecule has 1 aliphatic rings. The Hall–Kier alpha value is -2.16. The summed E-state index contributed by atoms with van der Waals surface area (Å²) in [5.41, 5.74) is 0.949. The maximum absolute atomic E-state index is 12.8. The van der Waals surface area contributed by atoms with Gasteiger partial charge in [-0.1, -0.05) is 23.2 Å². The van der Waals surface area contributed by atoms with E-state index in [0.29, 0.717) is 27.5 Å². The van der Waals surface area contributed by atoms with Gasteiger partial charge in [0.2, 0.25) is 11.8 Å². The first-order valence-corrected chi connectivity index (χ1v) is 11.2. The Morgan fingerprint density at radius 2 is 1.93 bits per heavy atom. The largest absolute Gasteiger partial charge is 0.353 e. The second-order valence-electron chi connectivity index (χ2n) is 7.37. The number of amides is 3. The summed E-state index contributed by atoms with van der Waals surface area (Å²) in [5, 5.41) is 8.36. The zero-order valence-corrected chi connectivity index (χ0v) is 18.9. The van der Waals surface area contributed by atoms with Crippen LogP contribution in [0.4, 0.5) is 5.13 Å². The van der Waals surface area contributed by atoms with Crippen molar-refractivity contribution in [2.75, 3.05) is 11.9 Å². The van der Waals surface area contributed by atoms with E-state index in [0.717, 1.165) is 12.8 Å². The Kier molecular flexibility index (Phi) is 7.33. The average Bonchev–Trinajstić information content (AvgIpc) is 3.38. The van der Waals surface area contributed by atoms with Gasteiger partial charge in [0.1, 0.15) is 6.54 Å². The molecule has 0 saturated heterocycles. The lowest BCUT2D eigenvalue weighted by molar-refractivity contribution is -0.120. The molecule has 30 heavy (non-hydrogen) atoms. The summed E-state index contributed by atoms with van der Waals surface area (Å²) in [6, 6.07) is 4.69. The highest BCUT2D eigenvalue weighted by atomic mass is 35.5. The standard InChI is InChI=1S/C20H22Cl2N4O3S/c1-11(2)26(19(29)12-3-6-15(21)16(22)7-12)9-18(28)25-20-24-14(10-30-20)8-17(27)23-13-4-5-13/h3,6-7,10-11,13H,4-5,8-9H2,1-2H3,(H,23,27)(H,24,25,28). The number of nitrogens with zero attached hydrogens (tertiary/aromatic N) is 2. The number of rotatable bonds is 8. The third-order valence-electron chi connectivity index (χ3n) is 4.45. The van der Waals surface area contributed by atoms with Gasteiger partial charge < -0.3 is 15.5 Å². The Balaban J connectivity index is 1.59. The summed E-state index contributed by atoms with van der Waals surface area (Å²) >= 11 is 13.2. The van der Waals surface area contributed by atoms with Gasteiger partial charge in [0.05, 0.1) is 22.2 Å². The predicted octanol–water partition coefficient (Wildman–Crippen LogP) is 3.76. The molecule has 160 valence electrons. The molecule has 1 aromatic heterocycles. The van der Waals surface area contributed by atoms with Crippen LogP contribution in [0.3, 0.4) is 0 Å². The van der Waals surface area contributed by atoms with Crippen LogP contribution >= 0.6 is 34.5 Å². The third-order valence-corrected chi connectivity index (χ3v) is 5.99. The molecule has 2 aromatic rings. The summed E-state index contributed by atoms with van der Waals surface area (Å²) in [7, 11) is 0. The van der Waals surface area contributed by atoms with E-state index < -0.39 is 0 Å². The summed E-state index contributed by atoms with van der Waals surface area (Å²) in [6.45, 7) is 3.50. The van der Waals surface area contributed by atoms with E-state index in [9.17, 15) is 14.4 Å². The van der Waals surface area contributed by atoms with Crippen molar-refractivity contribution in [2.24, 2.45) is 0 Å². The molecule has 1 fully saturated rings. The quantitative estimate of drug-likeness (QED) is 0.616. The van der Waals surface area contributed by atoms with E-state index >= 15 is 0 Å². The molecule has 0 bridgehead atoms. The summed E-state index contributed by atoms with van der Waals surface area (Å²) < 4.78 is 0. The smallest absolute Gasteiger partial charge is 0.254 e. The van der Waals surface area contributed by atoms with Crippen molar-refractivity contribution in [3.05, 3.63) is 44.9 Å². The molecule has 3 amide bonds. The molecule has 1 aliphatic carbocycles. The lowest BCUT2D eigenvalue weighted by Crippen LogP contribution is -2.42. The highest BCUT2D eigenvalue weighted by Gasteiger charge is 2.24. The molecule has 0 aliphatic heterocycles. The van der Waals surface area contributed by atoms with Crippen molar-refractivity contribution in [3.8, 4) is 0 Å². The maximum Gasteiger partial charge on any atom is 0.254 e. The van der Waals surface area contributed by atoms with E-state index in [1.165, 1.54) is 22.3 Å². The number of carbonyl (C=O) groups is 3. The normalized spacial score (nSPS) is 13.2. The lowest BCUT2D eigenvalue weighted by atomic mass is 10.1. The van der Waals surface area contributed by atoms with Gasteiger partial charge in [0, 0.05) is 23.0 Å². The van der Waals surface area contributed by atoms with Crippen LogP contribution in [0.25, 0.3) is 0 Å². The fourth-order valence-corrected chi connectivity index (χ4v) is 3.74. The second kappa shape index (κ2) is 9.76. The third kappa shape index (κ3) is 6.17. The van der Waals surface area contributed by atoms with E-state index in [2.05, 4.69) is 15.6 Å². The van der Waals surface area contributed by atoms with E-state index in [-0.39, 0.29) is 41.8 Å². The minimum Gasteiger partial charge on any atom is -0.353 e. The van der Waals surface area contributed by atoms with Crippen LogP contribution in [0, 0.1) is 0 Å². The fraction of sp³-hybridized carbons (Fsp3) is 0.400. The molecule has 0 unspecified atom stereocenters. The number of anilines is 1. The monoisotopic (exact) mass is 468 g/mol. The molecule has 0 spiro atoms. The van der Waals surface area contributed by atoms with Gasteiger partial charge in [-0.2, -0.15) is 0 Å². The van der Waals surface area contributed by atoms with Crippen molar-refractivity contribution in [3.63, 3.8) is 0 Å². The summed E-state index contributed by atoms with van der Waals surface area (Å²) in [6.07, 6.45) is 2.23. The van der Waals surface area contributed by atoms with Crippen molar-refractivity contribution in [2.45, 2.75) is 45.2 Å². The fourth-order valence-electron chi connectivity index (χ4n) is 2.71. The molecular formula is C20H22Cl2N4O3S. The van der Waals surface area contributed by atoms with Gasteiger partial charge in [0.15, 0.2) is 5.13 Å². The number of hydrogen-bond donors (Lipinski definition) is 2. The first-order chi connectivity index (χ1) is 14.2. The van der Waals surface area contributed by atoms with Crippen LogP contribution in [0.15, 0.2) is 23.6 Å².